The molecule has 0 aliphatic carbocycles. The SMILES string of the molecule is CC(C)(C)C(=O)Nc1ccc(C(=O)Nc2ccc(OCC(=O)[O-])cc2)cc1. The molecular formula is C20H21N2O5-. The van der Waals surface area contributed by atoms with Crippen LogP contribution in [-0.2, 0) is 9.59 Å². The van der Waals surface area contributed by atoms with Crippen LogP contribution in [0.4, 0.5) is 11.4 Å². The van der Waals surface area contributed by atoms with Gasteiger partial charge in [-0.05, 0) is 48.5 Å². The number of aliphatic carboxylic acids is 1. The van der Waals surface area contributed by atoms with E-state index in [9.17, 15) is 19.5 Å². The summed E-state index contributed by atoms with van der Waals surface area (Å²) in [6.45, 7) is 4.92. The normalized spacial score (nSPS) is 10.8. The van der Waals surface area contributed by atoms with Gasteiger partial charge >= 0.3 is 0 Å². The molecule has 0 radical (unpaired) electrons. The van der Waals surface area contributed by atoms with E-state index >= 15 is 0 Å². The summed E-state index contributed by atoms with van der Waals surface area (Å²) in [6, 6.07) is 12.8. The van der Waals surface area contributed by atoms with E-state index in [1.165, 1.54) is 0 Å². The van der Waals surface area contributed by atoms with Crippen molar-refractivity contribution in [1.29, 1.82) is 0 Å². The highest BCUT2D eigenvalue weighted by atomic mass is 16.5. The van der Waals surface area contributed by atoms with Gasteiger partial charge in [0, 0.05) is 22.4 Å². The van der Waals surface area contributed by atoms with Crippen molar-refractivity contribution in [2.24, 2.45) is 5.41 Å². The molecule has 0 spiro atoms. The van der Waals surface area contributed by atoms with E-state index in [0.29, 0.717) is 22.7 Å². The highest BCUT2D eigenvalue weighted by molar-refractivity contribution is 6.04. The Labute approximate surface area is 157 Å². The van der Waals surface area contributed by atoms with Gasteiger partial charge < -0.3 is 25.3 Å². The van der Waals surface area contributed by atoms with Crippen molar-refractivity contribution in [3.63, 3.8) is 0 Å². The molecule has 2 amide bonds. The highest BCUT2D eigenvalue weighted by Crippen LogP contribution is 2.19. The molecule has 27 heavy (non-hydrogen) atoms. The number of ether oxygens (including phenoxy) is 1. The first-order valence-electron chi connectivity index (χ1n) is 8.31. The molecular weight excluding hydrogens is 348 g/mol. The Balaban J connectivity index is 1.95. The third kappa shape index (κ3) is 6.14. The van der Waals surface area contributed by atoms with Gasteiger partial charge in [-0.25, -0.2) is 0 Å². The van der Waals surface area contributed by atoms with Crippen molar-refractivity contribution in [3.05, 3.63) is 54.1 Å². The molecule has 0 aromatic heterocycles. The van der Waals surface area contributed by atoms with Crippen LogP contribution in [-0.4, -0.2) is 24.4 Å². The van der Waals surface area contributed by atoms with Gasteiger partial charge in [0.05, 0.1) is 5.97 Å². The minimum atomic E-state index is -1.31. The van der Waals surface area contributed by atoms with Crippen molar-refractivity contribution in [3.8, 4) is 5.75 Å². The number of anilines is 2. The van der Waals surface area contributed by atoms with E-state index in [1.54, 1.807) is 48.5 Å². The van der Waals surface area contributed by atoms with Crippen LogP contribution in [0.15, 0.2) is 48.5 Å². The second-order valence-corrected chi connectivity index (χ2v) is 6.92. The zero-order chi connectivity index (χ0) is 20.0. The van der Waals surface area contributed by atoms with Gasteiger partial charge in [-0.2, -0.15) is 0 Å². The fourth-order valence-electron chi connectivity index (χ4n) is 2.00. The molecule has 7 nitrogen and oxygen atoms in total. The molecule has 2 aromatic rings. The Hall–Kier alpha value is -3.35. The first-order chi connectivity index (χ1) is 12.6. The lowest BCUT2D eigenvalue weighted by Crippen LogP contribution is -2.28. The van der Waals surface area contributed by atoms with E-state index in [4.69, 9.17) is 4.74 Å². The van der Waals surface area contributed by atoms with E-state index in [1.807, 2.05) is 20.8 Å². The Morgan fingerprint density at radius 2 is 1.41 bits per heavy atom. The summed E-state index contributed by atoms with van der Waals surface area (Å²) in [7, 11) is 0. The van der Waals surface area contributed by atoms with E-state index in [0.717, 1.165) is 0 Å². The molecule has 7 heteroatoms. The number of carboxylic acid groups (broad SMARTS) is 1. The van der Waals surface area contributed by atoms with Gasteiger partial charge in [0.2, 0.25) is 5.91 Å². The number of carbonyl (C=O) groups is 3. The average Bonchev–Trinajstić information content (AvgIpc) is 2.61. The number of benzene rings is 2. The summed E-state index contributed by atoms with van der Waals surface area (Å²) in [5.74, 6) is -1.38. The molecule has 0 fully saturated rings. The number of nitrogens with one attached hydrogen (secondary N) is 2. The van der Waals surface area contributed by atoms with Gasteiger partial charge in [-0.3, -0.25) is 9.59 Å². The van der Waals surface area contributed by atoms with Crippen LogP contribution in [0.2, 0.25) is 0 Å². The molecule has 0 unspecified atom stereocenters. The quantitative estimate of drug-likeness (QED) is 0.810. The Bertz CT molecular complexity index is 821. The Kier molecular flexibility index (Phi) is 6.18. The molecule has 0 bridgehead atoms. The largest absolute Gasteiger partial charge is 0.546 e. The lowest BCUT2D eigenvalue weighted by atomic mass is 9.95. The molecule has 142 valence electrons. The molecule has 0 atom stereocenters. The summed E-state index contributed by atoms with van der Waals surface area (Å²) in [5, 5.41) is 15.9. The zero-order valence-corrected chi connectivity index (χ0v) is 15.4. The average molecular weight is 369 g/mol. The molecule has 0 aliphatic rings. The summed E-state index contributed by atoms with van der Waals surface area (Å²) < 4.78 is 4.97. The molecule has 0 saturated heterocycles. The maximum atomic E-state index is 12.3. The van der Waals surface area contributed by atoms with Crippen LogP contribution in [0.1, 0.15) is 31.1 Å². The standard InChI is InChI=1S/C20H22N2O5/c1-20(2,3)19(26)22-15-6-4-13(5-7-15)18(25)21-14-8-10-16(11-9-14)27-12-17(23)24/h4-11H,12H2,1-3H3,(H,21,25)(H,22,26)(H,23,24)/p-1. The van der Waals surface area contributed by atoms with Gasteiger partial charge in [0.1, 0.15) is 12.4 Å². The van der Waals surface area contributed by atoms with Crippen molar-refractivity contribution in [1.82, 2.24) is 0 Å². The molecule has 2 aromatic carbocycles. The van der Waals surface area contributed by atoms with Crippen LogP contribution in [0.3, 0.4) is 0 Å². The van der Waals surface area contributed by atoms with Gasteiger partial charge in [-0.1, -0.05) is 20.8 Å². The minimum absolute atomic E-state index is 0.110. The van der Waals surface area contributed by atoms with Gasteiger partial charge in [0.15, 0.2) is 0 Å². The lowest BCUT2D eigenvalue weighted by molar-refractivity contribution is -0.307. The number of hydrogen-bond donors (Lipinski definition) is 2. The van der Waals surface area contributed by atoms with Crippen LogP contribution >= 0.6 is 0 Å². The second-order valence-electron chi connectivity index (χ2n) is 6.92. The molecule has 2 rings (SSSR count). The third-order valence-electron chi connectivity index (χ3n) is 3.56. The summed E-state index contributed by atoms with van der Waals surface area (Å²) in [5.41, 5.74) is 1.07. The molecule has 0 heterocycles. The van der Waals surface area contributed by atoms with Crippen molar-refractivity contribution in [2.75, 3.05) is 17.2 Å². The first kappa shape index (κ1) is 20.0. The van der Waals surface area contributed by atoms with Gasteiger partial charge in [-0.15, -0.1) is 0 Å². The number of amides is 2. The zero-order valence-electron chi connectivity index (χ0n) is 15.4. The summed E-state index contributed by atoms with van der Waals surface area (Å²) >= 11 is 0. The topological polar surface area (TPSA) is 108 Å². The van der Waals surface area contributed by atoms with E-state index in [-0.39, 0.29) is 11.8 Å². The van der Waals surface area contributed by atoms with Crippen molar-refractivity contribution < 1.29 is 24.2 Å². The van der Waals surface area contributed by atoms with Gasteiger partial charge in [0.25, 0.3) is 5.91 Å². The molecule has 0 aliphatic heterocycles. The minimum Gasteiger partial charge on any atom is -0.546 e. The monoisotopic (exact) mass is 369 g/mol. The predicted molar refractivity (Wildman–Crippen MR) is 99.4 cm³/mol. The Morgan fingerprint density at radius 3 is 1.93 bits per heavy atom. The molecule has 0 saturated carbocycles. The number of rotatable bonds is 6. The smallest absolute Gasteiger partial charge is 0.255 e. The van der Waals surface area contributed by atoms with Crippen LogP contribution in [0, 0.1) is 5.41 Å². The first-order valence-corrected chi connectivity index (χ1v) is 8.31. The second kappa shape index (κ2) is 8.35. The summed E-state index contributed by atoms with van der Waals surface area (Å²) in [4.78, 5) is 34.6. The lowest BCUT2D eigenvalue weighted by Gasteiger charge is -2.17. The van der Waals surface area contributed by atoms with Crippen molar-refractivity contribution >= 4 is 29.2 Å². The number of carboxylic acids is 1. The highest BCUT2D eigenvalue weighted by Gasteiger charge is 2.21. The Morgan fingerprint density at radius 1 is 0.889 bits per heavy atom. The third-order valence-corrected chi connectivity index (χ3v) is 3.56. The fraction of sp³-hybridized carbons (Fsp3) is 0.250. The van der Waals surface area contributed by atoms with Crippen molar-refractivity contribution in [2.45, 2.75) is 20.8 Å². The summed E-state index contributed by atoms with van der Waals surface area (Å²) in [6.07, 6.45) is 0. The van der Waals surface area contributed by atoms with E-state index in [2.05, 4.69) is 10.6 Å². The maximum absolute atomic E-state index is 12.3. The predicted octanol–water partition coefficient (Wildman–Crippen LogP) is 2.05. The van der Waals surface area contributed by atoms with Crippen LogP contribution in [0.25, 0.3) is 0 Å². The fourth-order valence-corrected chi connectivity index (χ4v) is 2.00. The van der Waals surface area contributed by atoms with E-state index < -0.39 is 18.0 Å². The van der Waals surface area contributed by atoms with Crippen LogP contribution in [0.5, 0.6) is 5.75 Å². The number of carbonyl (C=O) groups excluding carboxylic acids is 3. The maximum Gasteiger partial charge on any atom is 0.255 e. The molecule has 2 N–H and O–H groups in total. The number of hydrogen-bond acceptors (Lipinski definition) is 5. The van der Waals surface area contributed by atoms with Crippen LogP contribution < -0.4 is 20.5 Å².